The van der Waals surface area contributed by atoms with Gasteiger partial charge < -0.3 is 9.84 Å². The Labute approximate surface area is 156 Å². The van der Waals surface area contributed by atoms with Gasteiger partial charge in [0, 0.05) is 12.5 Å². The van der Waals surface area contributed by atoms with Gasteiger partial charge in [-0.25, -0.2) is 9.59 Å². The van der Waals surface area contributed by atoms with E-state index in [4.69, 9.17) is 10.00 Å². The highest BCUT2D eigenvalue weighted by molar-refractivity contribution is 5.81. The molecule has 2 atom stereocenters. The first-order chi connectivity index (χ1) is 13.1. The van der Waals surface area contributed by atoms with Gasteiger partial charge in [-0.1, -0.05) is 48.5 Å². The van der Waals surface area contributed by atoms with E-state index in [1.807, 2.05) is 42.5 Å². The van der Waals surface area contributed by atoms with E-state index in [9.17, 15) is 14.7 Å². The molecule has 6 heteroatoms. The zero-order chi connectivity index (χ0) is 19.0. The minimum absolute atomic E-state index is 0.0843. The van der Waals surface area contributed by atoms with Crippen molar-refractivity contribution in [2.75, 3.05) is 13.2 Å². The number of likely N-dealkylation sites (tertiary alicyclic amines) is 1. The molecular weight excluding hydrogens is 344 g/mol. The summed E-state index contributed by atoms with van der Waals surface area (Å²) >= 11 is 0. The van der Waals surface area contributed by atoms with E-state index in [1.165, 1.54) is 0 Å². The molecule has 1 heterocycles. The Balaban J connectivity index is 1.53. The number of rotatable bonds is 3. The van der Waals surface area contributed by atoms with Crippen molar-refractivity contribution in [2.45, 2.75) is 18.4 Å². The fourth-order valence-corrected chi connectivity index (χ4v) is 4.04. The molecule has 1 saturated heterocycles. The third kappa shape index (κ3) is 2.91. The summed E-state index contributed by atoms with van der Waals surface area (Å²) in [6.45, 7) is 0.219. The number of carbonyl (C=O) groups excluding carboxylic acids is 1. The quantitative estimate of drug-likeness (QED) is 0.905. The Morgan fingerprint density at radius 1 is 1.11 bits per heavy atom. The van der Waals surface area contributed by atoms with Crippen molar-refractivity contribution in [3.63, 3.8) is 0 Å². The normalized spacial score (nSPS) is 20.6. The number of hydrogen-bond acceptors (Lipinski definition) is 4. The zero-order valence-corrected chi connectivity index (χ0v) is 14.5. The lowest BCUT2D eigenvalue weighted by molar-refractivity contribution is -0.141. The highest BCUT2D eigenvalue weighted by atomic mass is 16.6. The van der Waals surface area contributed by atoms with Gasteiger partial charge in [0.25, 0.3) is 0 Å². The average Bonchev–Trinajstić information content (AvgIpc) is 3.26. The molecule has 2 aromatic carbocycles. The van der Waals surface area contributed by atoms with Crippen molar-refractivity contribution in [3.05, 3.63) is 59.7 Å². The van der Waals surface area contributed by atoms with E-state index in [-0.39, 0.29) is 25.5 Å². The molecule has 2 aliphatic rings. The number of nitrogens with zero attached hydrogens (tertiary/aromatic N) is 2. The maximum atomic E-state index is 12.5. The van der Waals surface area contributed by atoms with Crippen LogP contribution in [-0.4, -0.2) is 41.3 Å². The second-order valence-corrected chi connectivity index (χ2v) is 6.87. The van der Waals surface area contributed by atoms with Crippen LogP contribution in [0.3, 0.4) is 0 Å². The van der Waals surface area contributed by atoms with Crippen LogP contribution < -0.4 is 0 Å². The van der Waals surface area contributed by atoms with Gasteiger partial charge in [-0.15, -0.1) is 0 Å². The van der Waals surface area contributed by atoms with E-state index in [0.29, 0.717) is 0 Å². The molecular formula is C21H18N2O4. The van der Waals surface area contributed by atoms with Crippen molar-refractivity contribution in [1.82, 2.24) is 4.90 Å². The number of fused-ring (bicyclic) bond motifs is 3. The topological polar surface area (TPSA) is 90.6 Å². The van der Waals surface area contributed by atoms with Crippen LogP contribution >= 0.6 is 0 Å². The van der Waals surface area contributed by atoms with Gasteiger partial charge >= 0.3 is 12.1 Å². The maximum Gasteiger partial charge on any atom is 0.410 e. The van der Waals surface area contributed by atoms with Crippen LogP contribution in [-0.2, 0) is 9.53 Å². The van der Waals surface area contributed by atoms with Crippen LogP contribution in [0.15, 0.2) is 48.5 Å². The first-order valence-electron chi connectivity index (χ1n) is 8.84. The van der Waals surface area contributed by atoms with Crippen LogP contribution in [0.1, 0.15) is 23.5 Å². The summed E-state index contributed by atoms with van der Waals surface area (Å²) in [5.41, 5.74) is 4.45. The molecule has 1 N–H and O–H groups in total. The standard InChI is InChI=1S/C21H18N2O4/c22-10-13-9-19(20(24)25)23(11-13)21(26)27-12-18-16-7-3-1-5-14(16)15-6-2-4-8-17(15)18/h1-8,13,18-19H,9,11-12H2,(H,24,25)/t13-,19-/m0/s1. The Morgan fingerprint density at radius 2 is 1.70 bits per heavy atom. The molecule has 0 aromatic heterocycles. The summed E-state index contributed by atoms with van der Waals surface area (Å²) in [7, 11) is 0. The van der Waals surface area contributed by atoms with Crippen molar-refractivity contribution >= 4 is 12.1 Å². The van der Waals surface area contributed by atoms with Gasteiger partial charge in [-0.05, 0) is 28.7 Å². The Hall–Kier alpha value is -3.33. The fraction of sp³-hybridized carbons (Fsp3) is 0.286. The second-order valence-electron chi connectivity index (χ2n) is 6.87. The summed E-state index contributed by atoms with van der Waals surface area (Å²) < 4.78 is 5.51. The van der Waals surface area contributed by atoms with E-state index in [2.05, 4.69) is 12.1 Å². The molecule has 1 aliphatic heterocycles. The summed E-state index contributed by atoms with van der Waals surface area (Å²) in [4.78, 5) is 25.1. The third-order valence-electron chi connectivity index (χ3n) is 5.34. The van der Waals surface area contributed by atoms with Crippen molar-refractivity contribution in [3.8, 4) is 17.2 Å². The fourth-order valence-electron chi connectivity index (χ4n) is 4.04. The second kappa shape index (κ2) is 6.76. The predicted molar refractivity (Wildman–Crippen MR) is 96.9 cm³/mol. The smallest absolute Gasteiger partial charge is 0.410 e. The molecule has 1 aliphatic carbocycles. The zero-order valence-electron chi connectivity index (χ0n) is 14.5. The van der Waals surface area contributed by atoms with E-state index >= 15 is 0 Å². The summed E-state index contributed by atoms with van der Waals surface area (Å²) in [5.74, 6) is -1.67. The number of carbonyl (C=O) groups is 2. The average molecular weight is 362 g/mol. The highest BCUT2D eigenvalue weighted by Crippen LogP contribution is 2.44. The Morgan fingerprint density at radius 3 is 2.26 bits per heavy atom. The number of nitriles is 1. The molecule has 6 nitrogen and oxygen atoms in total. The van der Waals surface area contributed by atoms with Crippen LogP contribution in [0, 0.1) is 17.2 Å². The number of amides is 1. The lowest BCUT2D eigenvalue weighted by Crippen LogP contribution is -2.41. The van der Waals surface area contributed by atoms with E-state index < -0.39 is 24.0 Å². The maximum absolute atomic E-state index is 12.5. The number of carboxylic acid groups (broad SMARTS) is 1. The van der Waals surface area contributed by atoms with Crippen molar-refractivity contribution < 1.29 is 19.4 Å². The third-order valence-corrected chi connectivity index (χ3v) is 5.34. The monoisotopic (exact) mass is 362 g/mol. The summed E-state index contributed by atoms with van der Waals surface area (Å²) in [5, 5.41) is 18.4. The molecule has 0 spiro atoms. The van der Waals surface area contributed by atoms with Gasteiger partial charge in [-0.2, -0.15) is 5.26 Å². The van der Waals surface area contributed by atoms with Gasteiger partial charge in [0.1, 0.15) is 12.6 Å². The molecule has 1 fully saturated rings. The first kappa shape index (κ1) is 17.1. The van der Waals surface area contributed by atoms with Crippen molar-refractivity contribution in [2.24, 2.45) is 5.92 Å². The predicted octanol–water partition coefficient (Wildman–Crippen LogP) is 3.23. The van der Waals surface area contributed by atoms with Crippen LogP contribution in [0.4, 0.5) is 4.79 Å². The summed E-state index contributed by atoms with van der Waals surface area (Å²) in [6, 6.07) is 17.1. The number of aliphatic carboxylic acids is 1. The molecule has 2 aromatic rings. The number of carboxylic acids is 1. The largest absolute Gasteiger partial charge is 0.480 e. The number of ether oxygens (including phenoxy) is 1. The van der Waals surface area contributed by atoms with Gasteiger partial charge in [0.15, 0.2) is 0 Å². The molecule has 136 valence electrons. The van der Waals surface area contributed by atoms with Crippen LogP contribution in [0.25, 0.3) is 11.1 Å². The molecule has 0 radical (unpaired) electrons. The Bertz CT molecular complexity index is 904. The molecule has 27 heavy (non-hydrogen) atoms. The molecule has 4 rings (SSSR count). The van der Waals surface area contributed by atoms with Crippen LogP contribution in [0.2, 0.25) is 0 Å². The molecule has 1 amide bonds. The van der Waals surface area contributed by atoms with Crippen LogP contribution in [0.5, 0.6) is 0 Å². The number of hydrogen-bond donors (Lipinski definition) is 1. The minimum atomic E-state index is -1.11. The van der Waals surface area contributed by atoms with Gasteiger partial charge in [-0.3, -0.25) is 4.90 Å². The summed E-state index contributed by atoms with van der Waals surface area (Å²) in [6.07, 6.45) is -0.544. The van der Waals surface area contributed by atoms with E-state index in [0.717, 1.165) is 27.2 Å². The van der Waals surface area contributed by atoms with Gasteiger partial charge in [0.05, 0.1) is 12.0 Å². The highest BCUT2D eigenvalue weighted by Gasteiger charge is 2.41. The first-order valence-corrected chi connectivity index (χ1v) is 8.84. The lowest BCUT2D eigenvalue weighted by atomic mass is 9.98. The minimum Gasteiger partial charge on any atom is -0.480 e. The number of benzene rings is 2. The lowest BCUT2D eigenvalue weighted by Gasteiger charge is -2.22. The van der Waals surface area contributed by atoms with Gasteiger partial charge in [0.2, 0.25) is 0 Å². The van der Waals surface area contributed by atoms with Crippen molar-refractivity contribution in [1.29, 1.82) is 5.26 Å². The molecule has 0 unspecified atom stereocenters. The molecule has 0 saturated carbocycles. The molecule has 0 bridgehead atoms. The SMILES string of the molecule is N#C[C@@H]1C[C@@H](C(=O)O)N(C(=O)OCC2c3ccccc3-c3ccccc32)C1. The van der Waals surface area contributed by atoms with E-state index in [1.54, 1.807) is 0 Å². The Kier molecular flexibility index (Phi) is 4.28.